The van der Waals surface area contributed by atoms with Crippen molar-refractivity contribution in [3.63, 3.8) is 0 Å². The van der Waals surface area contributed by atoms with Gasteiger partial charge in [-0.1, -0.05) is 6.92 Å². The van der Waals surface area contributed by atoms with E-state index >= 15 is 0 Å². The van der Waals surface area contributed by atoms with E-state index in [0.717, 1.165) is 35.4 Å². The SMILES string of the molecule is CC1C/C(=C\c2ccnn2C)C(=O)/C(=C/c2ccnn2C)C1. The lowest BCUT2D eigenvalue weighted by Crippen LogP contribution is -2.18. The molecule has 0 aromatic carbocycles. The van der Waals surface area contributed by atoms with Gasteiger partial charge < -0.3 is 0 Å². The summed E-state index contributed by atoms with van der Waals surface area (Å²) in [6.45, 7) is 2.18. The summed E-state index contributed by atoms with van der Waals surface area (Å²) < 4.78 is 3.56. The van der Waals surface area contributed by atoms with E-state index < -0.39 is 0 Å². The van der Waals surface area contributed by atoms with Gasteiger partial charge in [0.2, 0.25) is 0 Å². The molecule has 1 aliphatic rings. The van der Waals surface area contributed by atoms with Crippen LogP contribution in [0.25, 0.3) is 12.2 Å². The molecular formula is C17H20N4O. The zero-order chi connectivity index (χ0) is 15.7. The molecule has 0 aliphatic heterocycles. The van der Waals surface area contributed by atoms with Crippen molar-refractivity contribution in [2.75, 3.05) is 0 Å². The molecule has 5 heteroatoms. The van der Waals surface area contributed by atoms with E-state index in [2.05, 4.69) is 17.1 Å². The predicted molar refractivity (Wildman–Crippen MR) is 85.8 cm³/mol. The molecule has 2 aromatic rings. The van der Waals surface area contributed by atoms with Crippen molar-refractivity contribution in [1.82, 2.24) is 19.6 Å². The molecule has 2 aromatic heterocycles. The van der Waals surface area contributed by atoms with Crippen LogP contribution < -0.4 is 0 Å². The fraction of sp³-hybridized carbons (Fsp3) is 0.353. The van der Waals surface area contributed by atoms with Crippen molar-refractivity contribution in [2.45, 2.75) is 19.8 Å². The zero-order valence-electron chi connectivity index (χ0n) is 13.2. The highest BCUT2D eigenvalue weighted by Gasteiger charge is 2.25. The smallest absolute Gasteiger partial charge is 0.185 e. The summed E-state index contributed by atoms with van der Waals surface area (Å²) in [5.41, 5.74) is 3.63. The highest BCUT2D eigenvalue weighted by atomic mass is 16.1. The largest absolute Gasteiger partial charge is 0.289 e. The molecule has 0 saturated heterocycles. The lowest BCUT2D eigenvalue weighted by atomic mass is 9.81. The van der Waals surface area contributed by atoms with Gasteiger partial charge in [-0.05, 0) is 43.0 Å². The van der Waals surface area contributed by atoms with Crippen molar-refractivity contribution in [3.05, 3.63) is 47.1 Å². The van der Waals surface area contributed by atoms with E-state index in [1.807, 2.05) is 38.4 Å². The monoisotopic (exact) mass is 296 g/mol. The summed E-state index contributed by atoms with van der Waals surface area (Å²) >= 11 is 0. The van der Waals surface area contributed by atoms with Crippen LogP contribution in [0.3, 0.4) is 0 Å². The minimum atomic E-state index is 0.139. The number of carbonyl (C=O) groups is 1. The molecular weight excluding hydrogens is 276 g/mol. The van der Waals surface area contributed by atoms with Crippen LogP contribution in [0.5, 0.6) is 0 Å². The molecule has 0 atom stereocenters. The average molecular weight is 296 g/mol. The number of Topliss-reactive ketones (excluding diaryl/α,β-unsaturated/α-hetero) is 1. The summed E-state index contributed by atoms with van der Waals surface area (Å²) in [6, 6.07) is 3.84. The van der Waals surface area contributed by atoms with E-state index in [0.29, 0.717) is 5.92 Å². The van der Waals surface area contributed by atoms with Crippen molar-refractivity contribution in [3.8, 4) is 0 Å². The van der Waals surface area contributed by atoms with Crippen LogP contribution in [0, 0.1) is 5.92 Å². The first-order valence-electron chi connectivity index (χ1n) is 7.46. The minimum Gasteiger partial charge on any atom is -0.289 e. The Labute approximate surface area is 129 Å². The van der Waals surface area contributed by atoms with Crippen LogP contribution in [0.15, 0.2) is 35.7 Å². The number of allylic oxidation sites excluding steroid dienone is 2. The van der Waals surface area contributed by atoms with Gasteiger partial charge in [-0.2, -0.15) is 10.2 Å². The highest BCUT2D eigenvalue weighted by Crippen LogP contribution is 2.31. The Morgan fingerprint density at radius 3 is 1.82 bits per heavy atom. The molecule has 2 heterocycles. The molecule has 114 valence electrons. The standard InChI is InChI=1S/C17H20N4O/c1-12-8-13(10-15-4-6-18-20(15)2)17(22)14(9-12)11-16-5-7-19-21(16)3/h4-7,10-12H,8-9H2,1-3H3/b13-10+,14-11+. The highest BCUT2D eigenvalue weighted by molar-refractivity contribution is 6.13. The van der Waals surface area contributed by atoms with E-state index in [-0.39, 0.29) is 5.78 Å². The normalized spacial score (nSPS) is 22.7. The summed E-state index contributed by atoms with van der Waals surface area (Å²) in [4.78, 5) is 12.8. The quantitative estimate of drug-likeness (QED) is 0.801. The minimum absolute atomic E-state index is 0.139. The van der Waals surface area contributed by atoms with Crippen molar-refractivity contribution >= 4 is 17.9 Å². The molecule has 0 spiro atoms. The topological polar surface area (TPSA) is 52.7 Å². The Morgan fingerprint density at radius 2 is 1.45 bits per heavy atom. The third-order valence-corrected chi connectivity index (χ3v) is 4.08. The molecule has 0 N–H and O–H groups in total. The molecule has 1 aliphatic carbocycles. The Balaban J connectivity index is 1.96. The van der Waals surface area contributed by atoms with Gasteiger partial charge >= 0.3 is 0 Å². The lowest BCUT2D eigenvalue weighted by molar-refractivity contribution is -0.113. The molecule has 1 saturated carbocycles. The average Bonchev–Trinajstić information content (AvgIpc) is 3.05. The van der Waals surface area contributed by atoms with Gasteiger partial charge in [0, 0.05) is 37.6 Å². The molecule has 1 fully saturated rings. The van der Waals surface area contributed by atoms with Gasteiger partial charge in [0.25, 0.3) is 0 Å². The maximum atomic E-state index is 12.8. The number of hydrogen-bond donors (Lipinski definition) is 0. The summed E-state index contributed by atoms with van der Waals surface area (Å²) in [5, 5.41) is 8.30. The number of rotatable bonds is 2. The predicted octanol–water partition coefficient (Wildman–Crippen LogP) is 2.62. The lowest BCUT2D eigenvalue weighted by Gasteiger charge is -2.22. The van der Waals surface area contributed by atoms with Crippen molar-refractivity contribution < 1.29 is 4.79 Å². The maximum Gasteiger partial charge on any atom is 0.185 e. The van der Waals surface area contributed by atoms with E-state index in [1.165, 1.54) is 0 Å². The number of ketones is 1. The van der Waals surface area contributed by atoms with Crippen LogP contribution in [0.4, 0.5) is 0 Å². The van der Waals surface area contributed by atoms with Crippen LogP contribution in [-0.2, 0) is 18.9 Å². The van der Waals surface area contributed by atoms with Crippen LogP contribution in [-0.4, -0.2) is 25.3 Å². The van der Waals surface area contributed by atoms with E-state index in [1.54, 1.807) is 21.8 Å². The molecule has 0 radical (unpaired) electrons. The molecule has 0 bridgehead atoms. The number of hydrogen-bond acceptors (Lipinski definition) is 3. The van der Waals surface area contributed by atoms with Gasteiger partial charge in [-0.3, -0.25) is 14.2 Å². The Kier molecular flexibility index (Phi) is 3.79. The third-order valence-electron chi connectivity index (χ3n) is 4.08. The number of aryl methyl sites for hydroxylation is 2. The van der Waals surface area contributed by atoms with E-state index in [4.69, 9.17) is 0 Å². The maximum absolute atomic E-state index is 12.8. The molecule has 0 unspecified atom stereocenters. The fourth-order valence-corrected chi connectivity index (χ4v) is 2.87. The number of nitrogens with zero attached hydrogens (tertiary/aromatic N) is 4. The first-order valence-corrected chi connectivity index (χ1v) is 7.46. The molecule has 0 amide bonds. The van der Waals surface area contributed by atoms with Crippen LogP contribution >= 0.6 is 0 Å². The van der Waals surface area contributed by atoms with E-state index in [9.17, 15) is 4.79 Å². The zero-order valence-corrected chi connectivity index (χ0v) is 13.2. The van der Waals surface area contributed by atoms with Gasteiger partial charge in [0.15, 0.2) is 5.78 Å². The van der Waals surface area contributed by atoms with Gasteiger partial charge in [0.1, 0.15) is 0 Å². The number of aromatic nitrogens is 4. The molecule has 3 rings (SSSR count). The summed E-state index contributed by atoms with van der Waals surface area (Å²) in [5.74, 6) is 0.595. The second kappa shape index (κ2) is 5.75. The van der Waals surface area contributed by atoms with Crippen LogP contribution in [0.1, 0.15) is 31.2 Å². The summed E-state index contributed by atoms with van der Waals surface area (Å²) in [6.07, 6.45) is 9.04. The van der Waals surface area contributed by atoms with Gasteiger partial charge in [-0.25, -0.2) is 0 Å². The Morgan fingerprint density at radius 1 is 1.00 bits per heavy atom. The van der Waals surface area contributed by atoms with Crippen molar-refractivity contribution in [2.24, 2.45) is 20.0 Å². The fourth-order valence-electron chi connectivity index (χ4n) is 2.87. The van der Waals surface area contributed by atoms with Gasteiger partial charge in [-0.15, -0.1) is 0 Å². The second-order valence-corrected chi connectivity index (χ2v) is 5.94. The summed E-state index contributed by atoms with van der Waals surface area (Å²) in [7, 11) is 3.77. The first kappa shape index (κ1) is 14.5. The molecule has 5 nitrogen and oxygen atoms in total. The number of carbonyl (C=O) groups excluding carboxylic acids is 1. The molecule has 22 heavy (non-hydrogen) atoms. The van der Waals surface area contributed by atoms with Crippen LogP contribution in [0.2, 0.25) is 0 Å². The third kappa shape index (κ3) is 2.79. The second-order valence-electron chi connectivity index (χ2n) is 5.94. The van der Waals surface area contributed by atoms with Crippen molar-refractivity contribution in [1.29, 1.82) is 0 Å². The van der Waals surface area contributed by atoms with Gasteiger partial charge in [0.05, 0.1) is 11.4 Å². The first-order chi connectivity index (χ1) is 10.5. The Hall–Kier alpha value is -2.43. The Bertz CT molecular complexity index is 701.